The predicted molar refractivity (Wildman–Crippen MR) is 54.4 cm³/mol. The Balaban J connectivity index is 2.11. The van der Waals surface area contributed by atoms with Crippen molar-refractivity contribution in [2.45, 2.75) is 13.5 Å². The van der Waals surface area contributed by atoms with Crippen LogP contribution in [0.3, 0.4) is 0 Å². The van der Waals surface area contributed by atoms with Gasteiger partial charge in [0.2, 0.25) is 5.88 Å². The summed E-state index contributed by atoms with van der Waals surface area (Å²) in [5.41, 5.74) is 5.40. The number of hydrogen-bond donors (Lipinski definition) is 1. The minimum atomic E-state index is 0.367. The number of aromatic nitrogens is 4. The molecule has 2 heterocycles. The van der Waals surface area contributed by atoms with Crippen LogP contribution in [0.4, 0.5) is 5.82 Å². The van der Waals surface area contributed by atoms with Crippen LogP contribution < -0.4 is 10.5 Å². The van der Waals surface area contributed by atoms with Crippen molar-refractivity contribution in [1.82, 2.24) is 19.7 Å². The van der Waals surface area contributed by atoms with E-state index in [1.807, 2.05) is 6.92 Å². The predicted octanol–water partition coefficient (Wildman–Crippen LogP) is 1.07. The highest BCUT2D eigenvalue weighted by Crippen LogP contribution is 2.17. The zero-order valence-corrected chi connectivity index (χ0v) is 8.29. The van der Waals surface area contributed by atoms with E-state index in [0.717, 1.165) is 6.54 Å². The molecule has 0 aliphatic heterocycles. The Morgan fingerprint density at radius 3 is 2.80 bits per heavy atom. The van der Waals surface area contributed by atoms with Gasteiger partial charge in [-0.15, -0.1) is 0 Å². The Kier molecular flexibility index (Phi) is 2.49. The molecular weight excluding hydrogens is 194 g/mol. The maximum absolute atomic E-state index is 5.40. The van der Waals surface area contributed by atoms with Gasteiger partial charge in [-0.1, -0.05) is 0 Å². The molecule has 2 aromatic heterocycles. The van der Waals surface area contributed by atoms with Gasteiger partial charge in [-0.05, 0) is 6.92 Å². The van der Waals surface area contributed by atoms with E-state index in [1.54, 1.807) is 17.1 Å². The smallest absolute Gasteiger partial charge is 0.238 e. The fraction of sp³-hybridized carbons (Fsp3) is 0.222. The number of nitrogen functional groups attached to an aromatic ring is 1. The van der Waals surface area contributed by atoms with Gasteiger partial charge in [0.1, 0.15) is 5.82 Å². The monoisotopic (exact) mass is 205 g/mol. The topological polar surface area (TPSA) is 78.9 Å². The van der Waals surface area contributed by atoms with Gasteiger partial charge in [0.15, 0.2) is 5.75 Å². The zero-order valence-electron chi connectivity index (χ0n) is 8.29. The van der Waals surface area contributed by atoms with Crippen molar-refractivity contribution in [1.29, 1.82) is 0 Å². The van der Waals surface area contributed by atoms with Crippen molar-refractivity contribution in [2.24, 2.45) is 0 Å². The fourth-order valence-corrected chi connectivity index (χ4v) is 1.07. The highest BCUT2D eigenvalue weighted by molar-refractivity contribution is 5.26. The number of ether oxygens (including phenoxy) is 1. The Labute approximate surface area is 86.7 Å². The molecule has 2 rings (SSSR count). The second-order valence-electron chi connectivity index (χ2n) is 2.91. The first kappa shape index (κ1) is 9.45. The summed E-state index contributed by atoms with van der Waals surface area (Å²) in [4.78, 5) is 7.83. The van der Waals surface area contributed by atoms with Gasteiger partial charge >= 0.3 is 0 Å². The van der Waals surface area contributed by atoms with Crippen molar-refractivity contribution in [3.8, 4) is 11.6 Å². The second-order valence-corrected chi connectivity index (χ2v) is 2.91. The largest absolute Gasteiger partial charge is 0.434 e. The van der Waals surface area contributed by atoms with Crippen molar-refractivity contribution < 1.29 is 4.74 Å². The number of aryl methyl sites for hydroxylation is 1. The van der Waals surface area contributed by atoms with Crippen LogP contribution in [0.25, 0.3) is 0 Å². The normalized spacial score (nSPS) is 10.2. The van der Waals surface area contributed by atoms with Crippen molar-refractivity contribution in [3.63, 3.8) is 0 Å². The molecule has 2 aromatic rings. The third-order valence-corrected chi connectivity index (χ3v) is 1.80. The van der Waals surface area contributed by atoms with E-state index < -0.39 is 0 Å². The molecule has 0 spiro atoms. The van der Waals surface area contributed by atoms with Gasteiger partial charge in [-0.2, -0.15) is 5.10 Å². The number of hydrogen-bond acceptors (Lipinski definition) is 5. The number of nitrogens with two attached hydrogens (primary N) is 1. The molecule has 6 heteroatoms. The highest BCUT2D eigenvalue weighted by Gasteiger charge is 2.01. The molecule has 2 N–H and O–H groups in total. The molecule has 0 amide bonds. The van der Waals surface area contributed by atoms with E-state index >= 15 is 0 Å². The Morgan fingerprint density at radius 1 is 1.33 bits per heavy atom. The molecule has 0 radical (unpaired) electrons. The van der Waals surface area contributed by atoms with Crippen LogP contribution in [-0.2, 0) is 6.54 Å². The van der Waals surface area contributed by atoms with Crippen molar-refractivity contribution >= 4 is 5.82 Å². The summed E-state index contributed by atoms with van der Waals surface area (Å²) in [5, 5.41) is 4.07. The minimum absolute atomic E-state index is 0.367. The average Bonchev–Trinajstić information content (AvgIpc) is 2.69. The summed E-state index contributed by atoms with van der Waals surface area (Å²) >= 11 is 0. The Bertz CT molecular complexity index is 436. The number of nitrogens with zero attached hydrogens (tertiary/aromatic N) is 4. The first-order valence-corrected chi connectivity index (χ1v) is 4.55. The summed E-state index contributed by atoms with van der Waals surface area (Å²) in [6, 6.07) is 0. The van der Waals surface area contributed by atoms with E-state index in [0.29, 0.717) is 17.4 Å². The molecule has 0 atom stereocenters. The van der Waals surface area contributed by atoms with E-state index in [2.05, 4.69) is 15.1 Å². The molecule has 0 saturated heterocycles. The van der Waals surface area contributed by atoms with Crippen molar-refractivity contribution in [2.75, 3.05) is 5.73 Å². The molecule has 0 fully saturated rings. The quantitative estimate of drug-likeness (QED) is 0.810. The van der Waals surface area contributed by atoms with Crippen LogP contribution >= 0.6 is 0 Å². The Morgan fingerprint density at radius 2 is 2.20 bits per heavy atom. The Hall–Kier alpha value is -2.11. The summed E-state index contributed by atoms with van der Waals surface area (Å²) < 4.78 is 7.17. The van der Waals surface area contributed by atoms with Crippen LogP contribution in [0.2, 0.25) is 0 Å². The molecule has 0 unspecified atom stereocenters. The SMILES string of the molecule is CCn1cc(Oc2cnc(N)cn2)cn1. The standard InChI is InChI=1S/C9H11N5O/c1-2-14-6-7(3-13-14)15-9-5-11-8(10)4-12-9/h3-6H,2H2,1H3,(H2,10,11). The first-order chi connectivity index (χ1) is 7.28. The van der Waals surface area contributed by atoms with E-state index in [1.165, 1.54) is 12.4 Å². The van der Waals surface area contributed by atoms with Gasteiger partial charge in [0, 0.05) is 6.54 Å². The molecule has 15 heavy (non-hydrogen) atoms. The van der Waals surface area contributed by atoms with Gasteiger partial charge < -0.3 is 10.5 Å². The molecule has 0 aromatic carbocycles. The molecule has 0 aliphatic rings. The summed E-state index contributed by atoms with van der Waals surface area (Å²) in [6.07, 6.45) is 6.33. The number of anilines is 1. The zero-order chi connectivity index (χ0) is 10.7. The van der Waals surface area contributed by atoms with Crippen LogP contribution in [0, 0.1) is 0 Å². The molecule has 0 aliphatic carbocycles. The third-order valence-electron chi connectivity index (χ3n) is 1.80. The summed E-state index contributed by atoms with van der Waals surface area (Å²) in [5.74, 6) is 1.40. The van der Waals surface area contributed by atoms with Crippen LogP contribution in [0.1, 0.15) is 6.92 Å². The minimum Gasteiger partial charge on any atom is -0.434 e. The lowest BCUT2D eigenvalue weighted by Crippen LogP contribution is -1.93. The second kappa shape index (κ2) is 3.95. The highest BCUT2D eigenvalue weighted by atomic mass is 16.5. The van der Waals surface area contributed by atoms with Gasteiger partial charge in [-0.3, -0.25) is 4.68 Å². The lowest BCUT2D eigenvalue weighted by Gasteiger charge is -2.00. The molecule has 0 bridgehead atoms. The molecular formula is C9H11N5O. The molecule has 6 nitrogen and oxygen atoms in total. The van der Waals surface area contributed by atoms with E-state index in [-0.39, 0.29) is 0 Å². The van der Waals surface area contributed by atoms with E-state index in [9.17, 15) is 0 Å². The van der Waals surface area contributed by atoms with Crippen LogP contribution in [-0.4, -0.2) is 19.7 Å². The van der Waals surface area contributed by atoms with Crippen molar-refractivity contribution in [3.05, 3.63) is 24.8 Å². The summed E-state index contributed by atoms with van der Waals surface area (Å²) in [7, 11) is 0. The maximum atomic E-state index is 5.40. The molecule has 0 saturated carbocycles. The third kappa shape index (κ3) is 2.22. The maximum Gasteiger partial charge on any atom is 0.238 e. The molecule has 78 valence electrons. The lowest BCUT2D eigenvalue weighted by molar-refractivity contribution is 0.459. The van der Waals surface area contributed by atoms with Gasteiger partial charge in [-0.25, -0.2) is 9.97 Å². The van der Waals surface area contributed by atoms with Gasteiger partial charge in [0.05, 0.1) is 24.8 Å². The lowest BCUT2D eigenvalue weighted by atomic mass is 10.6. The van der Waals surface area contributed by atoms with E-state index in [4.69, 9.17) is 10.5 Å². The first-order valence-electron chi connectivity index (χ1n) is 4.55. The van der Waals surface area contributed by atoms with Crippen LogP contribution in [0.5, 0.6) is 11.6 Å². The van der Waals surface area contributed by atoms with Crippen LogP contribution in [0.15, 0.2) is 24.8 Å². The number of rotatable bonds is 3. The summed E-state index contributed by atoms with van der Waals surface area (Å²) in [6.45, 7) is 2.80. The fourth-order valence-electron chi connectivity index (χ4n) is 1.07. The average molecular weight is 205 g/mol. The van der Waals surface area contributed by atoms with Gasteiger partial charge in [0.25, 0.3) is 0 Å².